The van der Waals surface area contributed by atoms with Gasteiger partial charge in [-0.15, -0.1) is 23.2 Å². The van der Waals surface area contributed by atoms with Gasteiger partial charge in [-0.2, -0.15) is 0 Å². The lowest BCUT2D eigenvalue weighted by Crippen LogP contribution is -2.65. The normalized spacial score (nSPS) is 14.4. The molecule has 138 valence electrons. The van der Waals surface area contributed by atoms with Gasteiger partial charge < -0.3 is 10.2 Å². The molecule has 0 aliphatic heterocycles. The number of rotatable bonds is 10. The smallest absolute Gasteiger partial charge is 0.331 e. The second kappa shape index (κ2) is 9.60. The number of benzene rings is 1. The van der Waals surface area contributed by atoms with Crippen LogP contribution in [0.3, 0.4) is 0 Å². The number of hydrogen-bond donors (Lipinski definition) is 3. The second-order valence-electron chi connectivity index (χ2n) is 5.48. The van der Waals surface area contributed by atoms with Crippen molar-refractivity contribution in [3.05, 3.63) is 35.9 Å². The zero-order chi connectivity index (χ0) is 19.0. The van der Waals surface area contributed by atoms with Gasteiger partial charge in [0.1, 0.15) is 0 Å². The Morgan fingerprint density at radius 3 is 2.16 bits per heavy atom. The van der Waals surface area contributed by atoms with Gasteiger partial charge in [-0.1, -0.05) is 18.2 Å². The number of nitrogens with two attached hydrogens (primary N) is 1. The number of carboxylic acid groups (broad SMARTS) is 2. The topological polar surface area (TPSA) is 121 Å². The summed E-state index contributed by atoms with van der Waals surface area (Å²) in [5.74, 6) is 1.45. The maximum absolute atomic E-state index is 12.7. The van der Waals surface area contributed by atoms with Crippen molar-refractivity contribution in [2.75, 3.05) is 11.8 Å². The van der Waals surface area contributed by atoms with Crippen molar-refractivity contribution < 1.29 is 24.6 Å². The number of carbonyl (C=O) groups excluding carboxylic acids is 1. The summed E-state index contributed by atoms with van der Waals surface area (Å²) >= 11 is 11.5. The van der Waals surface area contributed by atoms with E-state index in [2.05, 4.69) is 0 Å². The van der Waals surface area contributed by atoms with Crippen molar-refractivity contribution in [2.24, 2.45) is 11.8 Å². The molecule has 0 fully saturated rings. The van der Waals surface area contributed by atoms with E-state index in [4.69, 9.17) is 34.2 Å². The molecule has 0 aliphatic rings. The van der Waals surface area contributed by atoms with E-state index >= 15 is 0 Å². The van der Waals surface area contributed by atoms with E-state index in [0.29, 0.717) is 5.01 Å². The largest absolute Gasteiger partial charge is 0.481 e. The number of halogens is 2. The van der Waals surface area contributed by atoms with Crippen LogP contribution in [-0.2, 0) is 9.59 Å². The molecular formula is C16H20Cl2N2O5. The number of hydrogen-bond acceptors (Lipinski definition) is 4. The summed E-state index contributed by atoms with van der Waals surface area (Å²) in [4.78, 5) is 36.0. The molecule has 9 heteroatoms. The summed E-state index contributed by atoms with van der Waals surface area (Å²) in [6.07, 6.45) is -0.674. The van der Waals surface area contributed by atoms with Crippen LogP contribution in [0, 0.1) is 5.92 Å². The molecule has 0 saturated carbocycles. The summed E-state index contributed by atoms with van der Waals surface area (Å²) in [6, 6.07) is 7.89. The Kier molecular flexibility index (Phi) is 8.15. The van der Waals surface area contributed by atoms with Gasteiger partial charge >= 0.3 is 11.9 Å². The minimum atomic E-state index is -1.98. The van der Waals surface area contributed by atoms with Crippen molar-refractivity contribution >= 4 is 41.0 Å². The predicted octanol–water partition coefficient (Wildman–Crippen LogP) is 2.17. The van der Waals surface area contributed by atoms with Gasteiger partial charge in [0.2, 0.25) is 0 Å². The van der Waals surface area contributed by atoms with Crippen molar-refractivity contribution in [3.8, 4) is 0 Å². The summed E-state index contributed by atoms with van der Waals surface area (Å²) < 4.78 is 0. The Morgan fingerprint density at radius 2 is 1.72 bits per heavy atom. The second-order valence-corrected chi connectivity index (χ2v) is 6.24. The standard InChI is InChI=1S/C16H20Cl2N2O5/c17-8-6-12(10-13(21)22)16(7-9-18,15(24)25)20(19)14(23)11-4-2-1-3-5-11/h1-5,12H,6-10,19H2,(H,21,22)(H,24,25)/t12?,16-/m1/s1. The zero-order valence-corrected chi connectivity index (χ0v) is 14.9. The average Bonchev–Trinajstić information content (AvgIpc) is 2.58. The summed E-state index contributed by atoms with van der Waals surface area (Å²) in [5.41, 5.74) is -1.80. The van der Waals surface area contributed by atoms with Gasteiger partial charge in [0, 0.05) is 23.2 Å². The molecule has 0 heterocycles. The molecule has 2 atom stereocenters. The van der Waals surface area contributed by atoms with E-state index in [1.165, 1.54) is 12.1 Å². The van der Waals surface area contributed by atoms with Crippen LogP contribution in [0.2, 0.25) is 0 Å². The SMILES string of the molecule is NN(C(=O)c1ccccc1)[C@@](CCCl)(C(=O)O)C(CCCl)CC(=O)O. The number of nitrogens with zero attached hydrogens (tertiary/aromatic N) is 1. The van der Waals surface area contributed by atoms with Crippen molar-refractivity contribution in [2.45, 2.75) is 24.8 Å². The lowest BCUT2D eigenvalue weighted by atomic mass is 9.76. The molecule has 1 amide bonds. The quantitative estimate of drug-likeness (QED) is 0.243. The number of hydrazine groups is 1. The van der Waals surface area contributed by atoms with E-state index in [1.54, 1.807) is 18.2 Å². The van der Waals surface area contributed by atoms with Gasteiger partial charge in [0.05, 0.1) is 6.42 Å². The first-order valence-electron chi connectivity index (χ1n) is 7.52. The van der Waals surface area contributed by atoms with Crippen LogP contribution in [0.15, 0.2) is 30.3 Å². The van der Waals surface area contributed by atoms with Crippen LogP contribution in [0.1, 0.15) is 29.6 Å². The number of carboxylic acids is 2. The molecule has 0 spiro atoms. The van der Waals surface area contributed by atoms with E-state index in [9.17, 15) is 19.5 Å². The fraction of sp³-hybridized carbons (Fsp3) is 0.438. The maximum atomic E-state index is 12.7. The molecule has 1 rings (SSSR count). The Hall–Kier alpha value is -1.83. The zero-order valence-electron chi connectivity index (χ0n) is 13.4. The monoisotopic (exact) mass is 390 g/mol. The molecular weight excluding hydrogens is 371 g/mol. The molecule has 25 heavy (non-hydrogen) atoms. The lowest BCUT2D eigenvalue weighted by Gasteiger charge is -2.42. The van der Waals surface area contributed by atoms with Gasteiger partial charge in [-0.3, -0.25) is 14.6 Å². The maximum Gasteiger partial charge on any atom is 0.331 e. The minimum Gasteiger partial charge on any atom is -0.481 e. The highest BCUT2D eigenvalue weighted by Crippen LogP contribution is 2.34. The molecule has 0 radical (unpaired) electrons. The number of amides is 1. The molecule has 1 unspecified atom stereocenters. The van der Waals surface area contributed by atoms with Crippen LogP contribution in [-0.4, -0.2) is 50.4 Å². The fourth-order valence-electron chi connectivity index (χ4n) is 2.80. The lowest BCUT2D eigenvalue weighted by molar-refractivity contribution is -0.156. The van der Waals surface area contributed by atoms with Gasteiger partial charge in [0.15, 0.2) is 5.54 Å². The van der Waals surface area contributed by atoms with Crippen LogP contribution >= 0.6 is 23.2 Å². The first-order valence-corrected chi connectivity index (χ1v) is 8.59. The highest BCUT2D eigenvalue weighted by atomic mass is 35.5. The molecule has 0 saturated heterocycles. The highest BCUT2D eigenvalue weighted by molar-refractivity contribution is 6.18. The molecule has 0 bridgehead atoms. The van der Waals surface area contributed by atoms with E-state index in [-0.39, 0.29) is 30.2 Å². The van der Waals surface area contributed by atoms with Gasteiger partial charge in [0.25, 0.3) is 5.91 Å². The Balaban J connectivity index is 3.40. The number of aliphatic carboxylic acids is 2. The van der Waals surface area contributed by atoms with Crippen molar-refractivity contribution in [1.29, 1.82) is 0 Å². The van der Waals surface area contributed by atoms with Crippen LogP contribution < -0.4 is 5.84 Å². The Labute approximate surface area is 155 Å². The van der Waals surface area contributed by atoms with Crippen molar-refractivity contribution in [1.82, 2.24) is 5.01 Å². The van der Waals surface area contributed by atoms with Gasteiger partial charge in [-0.25, -0.2) is 10.6 Å². The molecule has 4 N–H and O–H groups in total. The molecule has 0 aliphatic carbocycles. The van der Waals surface area contributed by atoms with Crippen LogP contribution in [0.5, 0.6) is 0 Å². The van der Waals surface area contributed by atoms with E-state index in [1.807, 2.05) is 0 Å². The molecule has 0 aromatic heterocycles. The molecule has 1 aromatic rings. The number of carbonyl (C=O) groups is 3. The predicted molar refractivity (Wildman–Crippen MR) is 93.6 cm³/mol. The van der Waals surface area contributed by atoms with Crippen LogP contribution in [0.25, 0.3) is 0 Å². The average molecular weight is 391 g/mol. The van der Waals surface area contributed by atoms with Gasteiger partial charge in [-0.05, 0) is 25.0 Å². The van der Waals surface area contributed by atoms with E-state index < -0.39 is 35.7 Å². The molecule has 7 nitrogen and oxygen atoms in total. The number of alkyl halides is 2. The summed E-state index contributed by atoms with van der Waals surface area (Å²) in [5, 5.41) is 19.6. The third kappa shape index (κ3) is 4.84. The van der Waals surface area contributed by atoms with Crippen molar-refractivity contribution in [3.63, 3.8) is 0 Å². The first kappa shape index (κ1) is 21.2. The summed E-state index contributed by atoms with van der Waals surface area (Å²) in [7, 11) is 0. The third-order valence-corrected chi connectivity index (χ3v) is 4.48. The Morgan fingerprint density at radius 1 is 1.12 bits per heavy atom. The van der Waals surface area contributed by atoms with Crippen LogP contribution in [0.4, 0.5) is 0 Å². The molecule has 1 aromatic carbocycles. The fourth-order valence-corrected chi connectivity index (χ4v) is 3.35. The summed E-state index contributed by atoms with van der Waals surface area (Å²) in [6.45, 7) is 0. The highest BCUT2D eigenvalue weighted by Gasteiger charge is 2.52. The minimum absolute atomic E-state index is 0.0165. The third-order valence-electron chi connectivity index (χ3n) is 4.07. The van der Waals surface area contributed by atoms with E-state index in [0.717, 1.165) is 0 Å². The Bertz CT molecular complexity index is 614. The first-order chi connectivity index (χ1) is 11.8.